The topological polar surface area (TPSA) is 78.6 Å². The first-order chi connectivity index (χ1) is 14.1. The minimum atomic E-state index is -0.285. The Morgan fingerprint density at radius 3 is 2.93 bits per heavy atom. The van der Waals surface area contributed by atoms with Crippen LogP contribution in [0.4, 0.5) is 0 Å². The van der Waals surface area contributed by atoms with Crippen LogP contribution >= 0.6 is 0 Å². The van der Waals surface area contributed by atoms with Crippen LogP contribution in [0.15, 0.2) is 47.8 Å². The Morgan fingerprint density at radius 2 is 2.03 bits per heavy atom. The molecule has 8 heteroatoms. The van der Waals surface area contributed by atoms with E-state index in [0.29, 0.717) is 43.2 Å². The van der Waals surface area contributed by atoms with Gasteiger partial charge in [0.2, 0.25) is 6.79 Å². The minimum Gasteiger partial charge on any atom is -0.454 e. The van der Waals surface area contributed by atoms with Crippen molar-refractivity contribution in [2.45, 2.75) is 26.6 Å². The third kappa shape index (κ3) is 3.06. The Labute approximate surface area is 166 Å². The van der Waals surface area contributed by atoms with E-state index in [1.807, 2.05) is 28.8 Å². The largest absolute Gasteiger partial charge is 0.454 e. The number of benzene rings is 1. The van der Waals surface area contributed by atoms with Crippen LogP contribution in [0.25, 0.3) is 0 Å². The molecule has 29 heavy (non-hydrogen) atoms. The van der Waals surface area contributed by atoms with Gasteiger partial charge in [-0.25, -0.2) is 4.98 Å². The Bertz CT molecular complexity index is 1160. The molecule has 1 amide bonds. The van der Waals surface area contributed by atoms with E-state index in [2.05, 4.69) is 4.98 Å². The van der Waals surface area contributed by atoms with E-state index in [-0.39, 0.29) is 23.8 Å². The molecular weight excluding hydrogens is 372 g/mol. The molecule has 0 unspecified atom stereocenters. The molecule has 148 valence electrons. The fourth-order valence-corrected chi connectivity index (χ4v) is 3.80. The standard InChI is InChI=1S/C21H20N4O4/c1-14-4-5-23(10-15-2-3-17-18(8-15)29-13-28-17)20(26)19(14)21(27)24-6-7-25-12-22-9-16(25)11-24/h2-5,8-9,12H,6-7,10-11,13H2,1H3. The lowest BCUT2D eigenvalue weighted by Gasteiger charge is -2.28. The molecule has 4 heterocycles. The number of amides is 1. The van der Waals surface area contributed by atoms with Crippen molar-refractivity contribution < 1.29 is 14.3 Å². The highest BCUT2D eigenvalue weighted by atomic mass is 16.7. The van der Waals surface area contributed by atoms with Crippen molar-refractivity contribution in [2.24, 2.45) is 0 Å². The number of hydrogen-bond acceptors (Lipinski definition) is 5. The summed E-state index contributed by atoms with van der Waals surface area (Å²) < 4.78 is 14.3. The van der Waals surface area contributed by atoms with Gasteiger partial charge in [-0.1, -0.05) is 6.07 Å². The van der Waals surface area contributed by atoms with Crippen LogP contribution in [0.5, 0.6) is 11.5 Å². The van der Waals surface area contributed by atoms with Gasteiger partial charge in [0, 0.05) is 25.5 Å². The van der Waals surface area contributed by atoms with Gasteiger partial charge in [-0.15, -0.1) is 0 Å². The number of nitrogens with zero attached hydrogens (tertiary/aromatic N) is 4. The first-order valence-electron chi connectivity index (χ1n) is 9.47. The predicted molar refractivity (Wildman–Crippen MR) is 104 cm³/mol. The van der Waals surface area contributed by atoms with Crippen LogP contribution in [-0.2, 0) is 19.6 Å². The van der Waals surface area contributed by atoms with Gasteiger partial charge in [-0.2, -0.15) is 0 Å². The molecule has 0 bridgehead atoms. The molecule has 2 aliphatic rings. The fourth-order valence-electron chi connectivity index (χ4n) is 3.80. The zero-order valence-corrected chi connectivity index (χ0v) is 16.0. The van der Waals surface area contributed by atoms with Crippen molar-refractivity contribution in [3.8, 4) is 11.5 Å². The van der Waals surface area contributed by atoms with Crippen LogP contribution in [0.2, 0.25) is 0 Å². The number of ether oxygens (including phenoxy) is 2. The second-order valence-electron chi connectivity index (χ2n) is 7.30. The van der Waals surface area contributed by atoms with E-state index in [4.69, 9.17) is 9.47 Å². The summed E-state index contributed by atoms with van der Waals surface area (Å²) in [5, 5.41) is 0. The fraction of sp³-hybridized carbons (Fsp3) is 0.286. The van der Waals surface area contributed by atoms with Gasteiger partial charge in [0.15, 0.2) is 11.5 Å². The molecule has 0 saturated carbocycles. The average Bonchev–Trinajstić information content (AvgIpc) is 3.38. The summed E-state index contributed by atoms with van der Waals surface area (Å²) in [4.78, 5) is 32.2. The number of hydrogen-bond donors (Lipinski definition) is 0. The quantitative estimate of drug-likeness (QED) is 0.679. The third-order valence-corrected chi connectivity index (χ3v) is 5.43. The van der Waals surface area contributed by atoms with E-state index < -0.39 is 0 Å². The zero-order chi connectivity index (χ0) is 20.0. The molecule has 0 atom stereocenters. The Balaban J connectivity index is 1.44. The second-order valence-corrected chi connectivity index (χ2v) is 7.30. The maximum atomic E-state index is 13.2. The van der Waals surface area contributed by atoms with Gasteiger partial charge in [0.05, 0.1) is 25.1 Å². The van der Waals surface area contributed by atoms with E-state index >= 15 is 0 Å². The molecule has 2 aliphatic heterocycles. The van der Waals surface area contributed by atoms with Crippen molar-refractivity contribution >= 4 is 5.91 Å². The van der Waals surface area contributed by atoms with Crippen molar-refractivity contribution in [1.82, 2.24) is 19.0 Å². The molecule has 0 N–H and O–H groups in total. The van der Waals surface area contributed by atoms with Crippen LogP contribution in [0.1, 0.15) is 27.2 Å². The van der Waals surface area contributed by atoms with Gasteiger partial charge in [-0.05, 0) is 36.2 Å². The van der Waals surface area contributed by atoms with Crippen molar-refractivity contribution in [1.29, 1.82) is 0 Å². The lowest BCUT2D eigenvalue weighted by Crippen LogP contribution is -2.41. The number of imidazole rings is 1. The summed E-state index contributed by atoms with van der Waals surface area (Å²) in [6.07, 6.45) is 5.25. The molecule has 5 rings (SSSR count). The smallest absolute Gasteiger partial charge is 0.263 e. The normalized spacial score (nSPS) is 14.7. The van der Waals surface area contributed by atoms with Crippen molar-refractivity contribution in [3.63, 3.8) is 0 Å². The predicted octanol–water partition coefficient (Wildman–Crippen LogP) is 1.79. The molecule has 2 aromatic heterocycles. The number of pyridine rings is 1. The average molecular weight is 392 g/mol. The van der Waals surface area contributed by atoms with Gasteiger partial charge in [0.25, 0.3) is 11.5 Å². The number of carbonyl (C=O) groups is 1. The zero-order valence-electron chi connectivity index (χ0n) is 16.0. The molecule has 1 aromatic carbocycles. The SMILES string of the molecule is Cc1ccn(Cc2ccc3c(c2)OCO3)c(=O)c1C(=O)N1CCn2cncc2C1. The summed E-state index contributed by atoms with van der Waals surface area (Å²) in [7, 11) is 0. The van der Waals surface area contributed by atoms with E-state index in [9.17, 15) is 9.59 Å². The third-order valence-electron chi connectivity index (χ3n) is 5.43. The summed E-state index contributed by atoms with van der Waals surface area (Å²) in [5.74, 6) is 1.13. The van der Waals surface area contributed by atoms with E-state index in [1.54, 1.807) is 35.1 Å². The van der Waals surface area contributed by atoms with Gasteiger partial charge >= 0.3 is 0 Å². The summed E-state index contributed by atoms with van der Waals surface area (Å²) >= 11 is 0. The van der Waals surface area contributed by atoms with Crippen molar-refractivity contribution in [2.75, 3.05) is 13.3 Å². The number of aromatic nitrogens is 3. The van der Waals surface area contributed by atoms with Crippen LogP contribution in [-0.4, -0.2) is 38.3 Å². The minimum absolute atomic E-state index is 0.205. The maximum Gasteiger partial charge on any atom is 0.263 e. The highest BCUT2D eigenvalue weighted by Gasteiger charge is 2.26. The Morgan fingerprint density at radius 1 is 1.17 bits per heavy atom. The molecule has 0 fully saturated rings. The monoisotopic (exact) mass is 392 g/mol. The Kier molecular flexibility index (Phi) is 4.12. The molecule has 0 radical (unpaired) electrons. The van der Waals surface area contributed by atoms with Gasteiger partial charge < -0.3 is 23.5 Å². The lowest BCUT2D eigenvalue weighted by atomic mass is 10.1. The molecular formula is C21H20N4O4. The number of fused-ring (bicyclic) bond motifs is 2. The number of aryl methyl sites for hydroxylation is 1. The first kappa shape index (κ1) is 17.5. The number of rotatable bonds is 3. The Hall–Kier alpha value is -3.55. The van der Waals surface area contributed by atoms with Crippen LogP contribution in [0, 0.1) is 6.92 Å². The van der Waals surface area contributed by atoms with E-state index in [1.165, 1.54) is 0 Å². The molecule has 0 aliphatic carbocycles. The van der Waals surface area contributed by atoms with Crippen LogP contribution in [0.3, 0.4) is 0 Å². The van der Waals surface area contributed by atoms with E-state index in [0.717, 1.165) is 11.3 Å². The van der Waals surface area contributed by atoms with Crippen LogP contribution < -0.4 is 15.0 Å². The molecule has 0 spiro atoms. The summed E-state index contributed by atoms with van der Waals surface area (Å²) in [6.45, 7) is 4.04. The number of carbonyl (C=O) groups excluding carboxylic acids is 1. The highest BCUT2D eigenvalue weighted by molar-refractivity contribution is 5.95. The molecule has 8 nitrogen and oxygen atoms in total. The summed E-state index contributed by atoms with van der Waals surface area (Å²) in [6, 6.07) is 7.41. The van der Waals surface area contributed by atoms with Gasteiger partial charge in [0.1, 0.15) is 5.56 Å². The molecule has 0 saturated heterocycles. The molecule has 3 aromatic rings. The second kappa shape index (κ2) is 6.80. The highest BCUT2D eigenvalue weighted by Crippen LogP contribution is 2.32. The van der Waals surface area contributed by atoms with Crippen molar-refractivity contribution in [3.05, 3.63) is 75.7 Å². The lowest BCUT2D eigenvalue weighted by molar-refractivity contribution is 0.0708. The first-order valence-corrected chi connectivity index (χ1v) is 9.47. The van der Waals surface area contributed by atoms with Gasteiger partial charge in [-0.3, -0.25) is 9.59 Å². The summed E-state index contributed by atoms with van der Waals surface area (Å²) in [5.41, 5.74) is 2.49. The maximum absolute atomic E-state index is 13.2.